The van der Waals surface area contributed by atoms with E-state index in [1.165, 1.54) is 64.2 Å². The summed E-state index contributed by atoms with van der Waals surface area (Å²) in [7, 11) is 0. The molecule has 0 aromatic heterocycles. The second-order valence-corrected chi connectivity index (χ2v) is 15.5. The molecule has 2 aliphatic rings. The quantitative estimate of drug-likeness (QED) is 0.0276. The van der Waals surface area contributed by atoms with Gasteiger partial charge in [0.2, 0.25) is 0 Å². The van der Waals surface area contributed by atoms with Crippen molar-refractivity contribution >= 4 is 5.97 Å². The predicted octanol–water partition coefficient (Wildman–Crippen LogP) is 4.51. The van der Waals surface area contributed by atoms with E-state index >= 15 is 0 Å². The molecule has 0 spiro atoms. The van der Waals surface area contributed by atoms with E-state index in [0.29, 0.717) is 13.0 Å². The summed E-state index contributed by atoms with van der Waals surface area (Å²) in [6, 6.07) is 0. The van der Waals surface area contributed by atoms with Crippen molar-refractivity contribution in [2.75, 3.05) is 33.0 Å². The highest BCUT2D eigenvalue weighted by Crippen LogP contribution is 2.26. The largest absolute Gasteiger partial charge is 0.457 e. The number of rotatable bonds is 33. The number of aliphatic hydroxyl groups excluding tert-OH is 7. The second-order valence-electron chi connectivity index (χ2n) is 15.5. The molecule has 14 nitrogen and oxygen atoms in total. The highest BCUT2D eigenvalue weighted by Gasteiger charge is 2.47. The monoisotopic (exact) mass is 819 g/mol. The fourth-order valence-electron chi connectivity index (χ4n) is 6.78. The lowest BCUT2D eigenvalue weighted by Gasteiger charge is -2.42. The minimum atomic E-state index is -1.70. The van der Waals surface area contributed by atoms with Gasteiger partial charge in [-0.05, 0) is 44.9 Å². The Morgan fingerprint density at radius 1 is 0.579 bits per heavy atom. The summed E-state index contributed by atoms with van der Waals surface area (Å²) >= 11 is 0. The van der Waals surface area contributed by atoms with Crippen LogP contribution in [0.15, 0.2) is 24.3 Å². The van der Waals surface area contributed by atoms with Gasteiger partial charge in [0.15, 0.2) is 12.6 Å². The van der Waals surface area contributed by atoms with Crippen molar-refractivity contribution in [3.8, 4) is 0 Å². The van der Waals surface area contributed by atoms with Gasteiger partial charge in [-0.25, -0.2) is 0 Å². The van der Waals surface area contributed by atoms with Crippen molar-refractivity contribution in [1.82, 2.24) is 0 Å². The molecule has 0 aliphatic carbocycles. The molecule has 2 rings (SSSR count). The topological polar surface area (TPSA) is 214 Å². The summed E-state index contributed by atoms with van der Waals surface area (Å²) in [5.41, 5.74) is 0. The summed E-state index contributed by atoms with van der Waals surface area (Å²) in [4.78, 5) is 12.9. The Labute approximate surface area is 341 Å². The maximum Gasteiger partial charge on any atom is 0.306 e. The zero-order chi connectivity index (χ0) is 41.7. The van der Waals surface area contributed by atoms with E-state index in [-0.39, 0.29) is 25.6 Å². The minimum absolute atomic E-state index is 0.0588. The lowest BCUT2D eigenvalue weighted by Crippen LogP contribution is -2.61. The van der Waals surface area contributed by atoms with Crippen LogP contribution in [0.4, 0.5) is 0 Å². The molecule has 2 heterocycles. The highest BCUT2D eigenvalue weighted by atomic mass is 16.7. The molecule has 57 heavy (non-hydrogen) atoms. The van der Waals surface area contributed by atoms with Crippen LogP contribution in [0.2, 0.25) is 0 Å². The molecule has 7 N–H and O–H groups in total. The standard InChI is InChI=1S/C43H78O14/c1-3-5-7-9-11-12-13-14-15-16-17-18-19-20-21-22-24-26-35(45)55-32(29-52-27-25-23-10-8-6-4-2)30-53-42-41(51)39(49)37(47)34(57-42)31-54-43-40(50)38(48)36(46)33(28-44)56-43/h11-12,14-15,32-34,36-44,46-51H,3-10,13,16-31H2,1-2H3/b12-11-,15-14-. The van der Waals surface area contributed by atoms with Crippen LogP contribution in [0.1, 0.15) is 142 Å². The first-order chi connectivity index (χ1) is 27.6. The Balaban J connectivity index is 1.77. The highest BCUT2D eigenvalue weighted by molar-refractivity contribution is 5.69. The third kappa shape index (κ3) is 21.5. The predicted molar refractivity (Wildman–Crippen MR) is 215 cm³/mol. The summed E-state index contributed by atoms with van der Waals surface area (Å²) in [5.74, 6) is -0.388. The van der Waals surface area contributed by atoms with Gasteiger partial charge in [-0.1, -0.05) is 115 Å². The third-order valence-electron chi connectivity index (χ3n) is 10.5. The Hall–Kier alpha value is -1.53. The average Bonchev–Trinajstić information content (AvgIpc) is 3.20. The van der Waals surface area contributed by atoms with E-state index in [1.807, 2.05) is 0 Å². The van der Waals surface area contributed by atoms with E-state index in [9.17, 15) is 40.5 Å². The zero-order valence-corrected chi connectivity index (χ0v) is 34.8. The lowest BCUT2D eigenvalue weighted by atomic mass is 9.98. The van der Waals surface area contributed by atoms with Gasteiger partial charge < -0.3 is 64.2 Å². The average molecular weight is 819 g/mol. The Morgan fingerprint density at radius 2 is 1.09 bits per heavy atom. The normalized spacial score (nSPS) is 28.7. The molecular formula is C43H78O14. The SMILES string of the molecule is CCCCC/C=C\C/C=C\CCCCCCCCCC(=O)OC(COCCCCCCCC)COC1OC(COC2OC(CO)C(O)C(O)C2O)C(O)C(O)C1O. The number of hydrogen-bond acceptors (Lipinski definition) is 14. The van der Waals surface area contributed by atoms with Gasteiger partial charge >= 0.3 is 5.97 Å². The molecule has 0 saturated carbocycles. The molecule has 0 aromatic rings. The Kier molecular flexibility index (Phi) is 29.2. The summed E-state index contributed by atoms with van der Waals surface area (Å²) in [6.45, 7) is 3.57. The molecule has 0 aromatic carbocycles. The molecule has 0 amide bonds. The van der Waals surface area contributed by atoms with Crippen molar-refractivity contribution in [3.05, 3.63) is 24.3 Å². The van der Waals surface area contributed by atoms with E-state index in [1.54, 1.807) is 0 Å². The van der Waals surface area contributed by atoms with Gasteiger partial charge in [0.05, 0.1) is 26.4 Å². The van der Waals surface area contributed by atoms with Crippen LogP contribution >= 0.6 is 0 Å². The molecule has 334 valence electrons. The molecule has 14 heteroatoms. The summed E-state index contributed by atoms with van der Waals surface area (Å²) in [6.07, 6.45) is 14.2. The lowest BCUT2D eigenvalue weighted by molar-refractivity contribution is -0.332. The van der Waals surface area contributed by atoms with E-state index in [2.05, 4.69) is 38.2 Å². The van der Waals surface area contributed by atoms with Gasteiger partial charge in [0.1, 0.15) is 54.9 Å². The maximum absolute atomic E-state index is 12.9. The van der Waals surface area contributed by atoms with E-state index in [0.717, 1.165) is 51.4 Å². The number of carbonyl (C=O) groups is 1. The first-order valence-corrected chi connectivity index (χ1v) is 21.9. The van der Waals surface area contributed by atoms with Crippen molar-refractivity contribution in [2.24, 2.45) is 0 Å². The summed E-state index contributed by atoms with van der Waals surface area (Å²) < 4.78 is 33.9. The van der Waals surface area contributed by atoms with Crippen molar-refractivity contribution in [1.29, 1.82) is 0 Å². The summed E-state index contributed by atoms with van der Waals surface area (Å²) in [5, 5.41) is 71.6. The zero-order valence-electron chi connectivity index (χ0n) is 34.8. The van der Waals surface area contributed by atoms with Gasteiger partial charge in [0, 0.05) is 13.0 Å². The van der Waals surface area contributed by atoms with Gasteiger partial charge in [-0.2, -0.15) is 0 Å². The molecule has 11 unspecified atom stereocenters. The number of unbranched alkanes of at least 4 members (excludes halogenated alkanes) is 15. The molecular weight excluding hydrogens is 740 g/mol. The number of allylic oxidation sites excluding steroid dienone is 4. The van der Waals surface area contributed by atoms with Crippen LogP contribution in [-0.4, -0.2) is 142 Å². The Morgan fingerprint density at radius 3 is 1.72 bits per heavy atom. The molecule has 0 bridgehead atoms. The fraction of sp³-hybridized carbons (Fsp3) is 0.884. The minimum Gasteiger partial charge on any atom is -0.457 e. The van der Waals surface area contributed by atoms with Crippen LogP contribution in [0.25, 0.3) is 0 Å². The van der Waals surface area contributed by atoms with Crippen LogP contribution in [0.5, 0.6) is 0 Å². The van der Waals surface area contributed by atoms with E-state index in [4.69, 9.17) is 28.4 Å². The second kappa shape index (κ2) is 32.3. The number of esters is 1. The van der Waals surface area contributed by atoms with Crippen LogP contribution in [0, 0.1) is 0 Å². The number of aliphatic hydroxyl groups is 7. The molecule has 2 aliphatic heterocycles. The van der Waals surface area contributed by atoms with Gasteiger partial charge in [-0.3, -0.25) is 4.79 Å². The molecule has 11 atom stereocenters. The van der Waals surface area contributed by atoms with Crippen LogP contribution in [0.3, 0.4) is 0 Å². The molecule has 2 fully saturated rings. The smallest absolute Gasteiger partial charge is 0.306 e. The van der Waals surface area contributed by atoms with E-state index < -0.39 is 80.7 Å². The first-order valence-electron chi connectivity index (χ1n) is 21.9. The first kappa shape index (κ1) is 51.6. The maximum atomic E-state index is 12.9. The number of carbonyl (C=O) groups excluding carboxylic acids is 1. The number of ether oxygens (including phenoxy) is 6. The van der Waals surface area contributed by atoms with Gasteiger partial charge in [0.25, 0.3) is 0 Å². The molecule has 2 saturated heterocycles. The van der Waals surface area contributed by atoms with Crippen molar-refractivity contribution in [2.45, 2.75) is 210 Å². The fourth-order valence-corrected chi connectivity index (χ4v) is 6.78. The van der Waals surface area contributed by atoms with Crippen LogP contribution < -0.4 is 0 Å². The Bertz CT molecular complexity index is 1040. The van der Waals surface area contributed by atoms with Crippen LogP contribution in [-0.2, 0) is 33.2 Å². The number of hydrogen-bond donors (Lipinski definition) is 7. The molecule has 0 radical (unpaired) electrons. The van der Waals surface area contributed by atoms with Crippen molar-refractivity contribution in [3.63, 3.8) is 0 Å². The third-order valence-corrected chi connectivity index (χ3v) is 10.5. The van der Waals surface area contributed by atoms with Crippen molar-refractivity contribution < 1.29 is 69.0 Å². The van der Waals surface area contributed by atoms with Gasteiger partial charge in [-0.15, -0.1) is 0 Å².